The molecule has 0 bridgehead atoms. The molecule has 2 atom stereocenters. The number of ether oxygens (including phenoxy) is 1. The zero-order valence-corrected chi connectivity index (χ0v) is 13.0. The van der Waals surface area contributed by atoms with Crippen LogP contribution in [0.2, 0.25) is 0 Å². The fraction of sp³-hybridized carbons (Fsp3) is 0.263. The van der Waals surface area contributed by atoms with E-state index in [-0.39, 0.29) is 19.0 Å². The quantitative estimate of drug-likeness (QED) is 0.794. The van der Waals surface area contributed by atoms with E-state index in [4.69, 9.17) is 4.74 Å². The topological polar surface area (TPSA) is 63.6 Å². The molecule has 4 nitrogen and oxygen atoms in total. The second-order valence-electron chi connectivity index (χ2n) is 5.25. The number of hydrogen-bond donors (Lipinski definition) is 1. The van der Waals surface area contributed by atoms with Crippen LogP contribution in [0, 0.1) is 0 Å². The molecule has 0 radical (unpaired) electrons. The van der Waals surface area contributed by atoms with Gasteiger partial charge in [-0.05, 0) is 24.5 Å². The lowest BCUT2D eigenvalue weighted by Crippen LogP contribution is -2.22. The lowest BCUT2D eigenvalue weighted by molar-refractivity contribution is -0.146. The maximum absolute atomic E-state index is 12.3. The first-order valence-electron chi connectivity index (χ1n) is 7.62. The summed E-state index contributed by atoms with van der Waals surface area (Å²) in [7, 11) is 0. The number of hydrogen-bond acceptors (Lipinski definition) is 3. The summed E-state index contributed by atoms with van der Waals surface area (Å²) in [5.41, 5.74) is 1.46. The van der Waals surface area contributed by atoms with Gasteiger partial charge in [0.25, 0.3) is 0 Å². The van der Waals surface area contributed by atoms with Crippen LogP contribution in [0.5, 0.6) is 0 Å². The molecule has 1 N–H and O–H groups in total. The molecule has 23 heavy (non-hydrogen) atoms. The van der Waals surface area contributed by atoms with E-state index in [9.17, 15) is 14.7 Å². The number of aliphatic carboxylic acids is 1. The predicted octanol–water partition coefficient (Wildman–Crippen LogP) is 3.59. The molecular formula is C19H20O4. The van der Waals surface area contributed by atoms with Crippen LogP contribution in [0.25, 0.3) is 0 Å². The summed E-state index contributed by atoms with van der Waals surface area (Å²) in [6, 6.07) is 18.1. The highest BCUT2D eigenvalue weighted by Gasteiger charge is 2.30. The summed E-state index contributed by atoms with van der Waals surface area (Å²) in [5.74, 6) is -2.69. The van der Waals surface area contributed by atoms with E-state index in [1.807, 2.05) is 36.4 Å². The van der Waals surface area contributed by atoms with E-state index in [1.54, 1.807) is 31.2 Å². The molecular weight excluding hydrogens is 292 g/mol. The van der Waals surface area contributed by atoms with Crippen LogP contribution in [-0.4, -0.2) is 23.7 Å². The lowest BCUT2D eigenvalue weighted by atomic mass is 9.85. The molecule has 0 aliphatic heterocycles. The van der Waals surface area contributed by atoms with Crippen molar-refractivity contribution in [2.75, 3.05) is 6.61 Å². The molecule has 0 aliphatic carbocycles. The molecule has 0 aliphatic rings. The van der Waals surface area contributed by atoms with Gasteiger partial charge in [-0.2, -0.15) is 0 Å². The van der Waals surface area contributed by atoms with E-state index in [0.29, 0.717) is 5.56 Å². The Bertz CT molecular complexity index is 637. The Morgan fingerprint density at radius 3 is 1.83 bits per heavy atom. The normalized spacial score (nSPS) is 13.1. The summed E-state index contributed by atoms with van der Waals surface area (Å²) >= 11 is 0. The highest BCUT2D eigenvalue weighted by Crippen LogP contribution is 2.31. The van der Waals surface area contributed by atoms with Crippen molar-refractivity contribution in [1.29, 1.82) is 0 Å². The molecule has 120 valence electrons. The first-order valence-corrected chi connectivity index (χ1v) is 7.62. The largest absolute Gasteiger partial charge is 0.481 e. The first-order chi connectivity index (χ1) is 11.1. The second kappa shape index (κ2) is 8.13. The van der Waals surface area contributed by atoms with E-state index < -0.39 is 17.8 Å². The van der Waals surface area contributed by atoms with Crippen LogP contribution in [-0.2, 0) is 14.3 Å². The average Bonchev–Trinajstić information content (AvgIpc) is 2.57. The zero-order chi connectivity index (χ0) is 16.7. The number of rotatable bonds is 7. The molecule has 0 unspecified atom stereocenters. The summed E-state index contributed by atoms with van der Waals surface area (Å²) in [4.78, 5) is 24.0. The van der Waals surface area contributed by atoms with Crippen molar-refractivity contribution in [2.45, 2.75) is 25.2 Å². The van der Waals surface area contributed by atoms with Gasteiger partial charge in [0.2, 0.25) is 0 Å². The molecule has 0 amide bonds. The summed E-state index contributed by atoms with van der Waals surface area (Å²) in [5, 5.41) is 9.58. The van der Waals surface area contributed by atoms with Crippen LogP contribution in [0.1, 0.15) is 36.3 Å². The highest BCUT2D eigenvalue weighted by molar-refractivity contribution is 5.81. The average molecular weight is 312 g/mol. The van der Waals surface area contributed by atoms with Gasteiger partial charge < -0.3 is 9.84 Å². The number of carboxylic acid groups (broad SMARTS) is 1. The van der Waals surface area contributed by atoms with E-state index in [1.165, 1.54) is 0 Å². The minimum Gasteiger partial charge on any atom is -0.481 e. The minimum atomic E-state index is -0.943. The first kappa shape index (κ1) is 16.7. The molecule has 0 aromatic heterocycles. The molecule has 0 heterocycles. The van der Waals surface area contributed by atoms with E-state index in [0.717, 1.165) is 5.56 Å². The SMILES string of the molecule is CCOC(=O)[C@@H](C[C@H](C(=O)O)c1ccccc1)c1ccccc1. The van der Waals surface area contributed by atoms with Crippen LogP contribution in [0.3, 0.4) is 0 Å². The number of esters is 1. The molecule has 2 aromatic carbocycles. The maximum atomic E-state index is 12.3. The molecule has 0 spiro atoms. The smallest absolute Gasteiger partial charge is 0.313 e. The van der Waals surface area contributed by atoms with Gasteiger partial charge in [0, 0.05) is 0 Å². The highest BCUT2D eigenvalue weighted by atomic mass is 16.5. The van der Waals surface area contributed by atoms with Gasteiger partial charge in [-0.15, -0.1) is 0 Å². The van der Waals surface area contributed by atoms with Gasteiger partial charge in [0.15, 0.2) is 0 Å². The Labute approximate surface area is 135 Å². The van der Waals surface area contributed by atoms with Crippen molar-refractivity contribution in [3.05, 3.63) is 71.8 Å². The molecule has 0 saturated carbocycles. The van der Waals surface area contributed by atoms with Crippen molar-refractivity contribution < 1.29 is 19.4 Å². The van der Waals surface area contributed by atoms with Crippen molar-refractivity contribution in [1.82, 2.24) is 0 Å². The van der Waals surface area contributed by atoms with E-state index >= 15 is 0 Å². The van der Waals surface area contributed by atoms with Crippen molar-refractivity contribution >= 4 is 11.9 Å². The van der Waals surface area contributed by atoms with E-state index in [2.05, 4.69) is 0 Å². The minimum absolute atomic E-state index is 0.169. The van der Waals surface area contributed by atoms with Crippen LogP contribution < -0.4 is 0 Å². The maximum Gasteiger partial charge on any atom is 0.313 e. The van der Waals surface area contributed by atoms with Gasteiger partial charge in [0.1, 0.15) is 0 Å². The van der Waals surface area contributed by atoms with Crippen molar-refractivity contribution in [2.24, 2.45) is 0 Å². The van der Waals surface area contributed by atoms with Gasteiger partial charge >= 0.3 is 11.9 Å². The van der Waals surface area contributed by atoms with Gasteiger partial charge in [-0.1, -0.05) is 60.7 Å². The number of carbonyl (C=O) groups excluding carboxylic acids is 1. The van der Waals surface area contributed by atoms with Gasteiger partial charge in [0.05, 0.1) is 18.4 Å². The third-order valence-corrected chi connectivity index (χ3v) is 3.74. The molecule has 0 fully saturated rings. The Balaban J connectivity index is 2.31. The Hall–Kier alpha value is -2.62. The zero-order valence-electron chi connectivity index (χ0n) is 13.0. The summed E-state index contributed by atoms with van der Waals surface area (Å²) in [6.07, 6.45) is 0.169. The molecule has 2 aromatic rings. The number of benzene rings is 2. The van der Waals surface area contributed by atoms with Crippen LogP contribution in [0.4, 0.5) is 0 Å². The molecule has 0 saturated heterocycles. The molecule has 4 heteroatoms. The number of carbonyl (C=O) groups is 2. The molecule has 2 rings (SSSR count). The fourth-order valence-corrected chi connectivity index (χ4v) is 2.60. The van der Waals surface area contributed by atoms with Crippen LogP contribution in [0.15, 0.2) is 60.7 Å². The van der Waals surface area contributed by atoms with Gasteiger partial charge in [-0.25, -0.2) is 0 Å². The summed E-state index contributed by atoms with van der Waals surface area (Å²) in [6.45, 7) is 2.01. The van der Waals surface area contributed by atoms with Crippen LogP contribution >= 0.6 is 0 Å². The Morgan fingerprint density at radius 2 is 1.39 bits per heavy atom. The van der Waals surface area contributed by atoms with Crippen molar-refractivity contribution in [3.63, 3.8) is 0 Å². The number of carboxylic acids is 1. The van der Waals surface area contributed by atoms with Gasteiger partial charge in [-0.3, -0.25) is 9.59 Å². The summed E-state index contributed by atoms with van der Waals surface area (Å²) < 4.78 is 5.14. The standard InChI is InChI=1S/C19H20O4/c1-2-23-19(22)17(15-11-7-4-8-12-15)13-16(18(20)21)14-9-5-3-6-10-14/h3-12,16-17H,2,13H2,1H3,(H,20,21)/t16-,17-/m0/s1. The Kier molecular flexibility index (Phi) is 5.92. The monoisotopic (exact) mass is 312 g/mol. The second-order valence-corrected chi connectivity index (χ2v) is 5.25. The van der Waals surface area contributed by atoms with Crippen molar-refractivity contribution in [3.8, 4) is 0 Å². The Morgan fingerprint density at radius 1 is 0.913 bits per heavy atom. The third kappa shape index (κ3) is 4.42. The lowest BCUT2D eigenvalue weighted by Gasteiger charge is -2.20. The fourth-order valence-electron chi connectivity index (χ4n) is 2.60. The third-order valence-electron chi connectivity index (χ3n) is 3.74. The predicted molar refractivity (Wildman–Crippen MR) is 87.3 cm³/mol.